The molecule has 2 aliphatic heterocycles. The number of fused-ring (bicyclic) bond motifs is 3. The lowest BCUT2D eigenvalue weighted by Gasteiger charge is -2.44. The highest BCUT2D eigenvalue weighted by Gasteiger charge is 2.37. The van der Waals surface area contributed by atoms with Crippen molar-refractivity contribution >= 4 is 23.4 Å². The quantitative estimate of drug-likeness (QED) is 0.337. The van der Waals surface area contributed by atoms with E-state index in [4.69, 9.17) is 26.6 Å². The number of methoxy groups -OCH3 is 1. The Morgan fingerprint density at radius 2 is 2.31 bits per heavy atom. The van der Waals surface area contributed by atoms with Gasteiger partial charge in [-0.25, -0.2) is 15.3 Å². The molecule has 10 nitrogen and oxygen atoms in total. The van der Waals surface area contributed by atoms with Crippen molar-refractivity contribution in [3.8, 4) is 5.75 Å². The lowest BCUT2D eigenvalue weighted by atomic mass is 10.1. The molecule has 1 saturated heterocycles. The predicted molar refractivity (Wildman–Crippen MR) is 91.2 cm³/mol. The molecule has 11 heteroatoms. The molecule has 0 aromatic carbocycles. The van der Waals surface area contributed by atoms with Crippen LogP contribution in [0, 0.1) is 5.53 Å². The zero-order valence-electron chi connectivity index (χ0n) is 14.4. The van der Waals surface area contributed by atoms with E-state index in [0.29, 0.717) is 37.1 Å². The van der Waals surface area contributed by atoms with Gasteiger partial charge in [0.2, 0.25) is 5.28 Å². The molecule has 3 rings (SSSR count). The molecule has 0 saturated carbocycles. The fraction of sp³-hybridized carbons (Fsp3) is 0.533. The highest BCUT2D eigenvalue weighted by atomic mass is 35.5. The van der Waals surface area contributed by atoms with Gasteiger partial charge in [0.1, 0.15) is 12.3 Å². The second kappa shape index (κ2) is 7.83. The summed E-state index contributed by atoms with van der Waals surface area (Å²) in [4.78, 5) is 22.1. The van der Waals surface area contributed by atoms with E-state index in [-0.39, 0.29) is 29.6 Å². The number of nitrogens with zero attached hydrogens (tertiary/aromatic N) is 4. The van der Waals surface area contributed by atoms with E-state index in [1.54, 1.807) is 0 Å². The molecule has 26 heavy (non-hydrogen) atoms. The van der Waals surface area contributed by atoms with E-state index < -0.39 is 5.97 Å². The van der Waals surface area contributed by atoms with E-state index in [1.165, 1.54) is 13.3 Å². The van der Waals surface area contributed by atoms with Crippen molar-refractivity contribution in [3.63, 3.8) is 0 Å². The molecule has 2 atom stereocenters. The number of hydrogen-bond acceptors (Lipinski definition) is 10. The normalized spacial score (nSPS) is 22.0. The van der Waals surface area contributed by atoms with Gasteiger partial charge in [-0.3, -0.25) is 0 Å². The minimum absolute atomic E-state index is 0.0750. The van der Waals surface area contributed by atoms with Crippen LogP contribution in [0.5, 0.6) is 5.75 Å². The van der Waals surface area contributed by atoms with Crippen LogP contribution in [0.4, 0.5) is 5.82 Å². The van der Waals surface area contributed by atoms with Gasteiger partial charge in [0.05, 0.1) is 39.0 Å². The Hall–Kier alpha value is -2.46. The topological polar surface area (TPSA) is 122 Å². The molecule has 0 spiro atoms. The minimum atomic E-state index is -0.712. The summed E-state index contributed by atoms with van der Waals surface area (Å²) >= 11 is 6.10. The second-order valence-corrected chi connectivity index (χ2v) is 6.20. The molecule has 0 amide bonds. The monoisotopic (exact) mass is 382 g/mol. The van der Waals surface area contributed by atoms with Crippen LogP contribution in [0.1, 0.15) is 12.6 Å². The largest absolute Gasteiger partial charge is 0.486 e. The summed E-state index contributed by atoms with van der Waals surface area (Å²) in [7, 11) is 1.22. The SMILES string of the molecule is COC(=O)/C(=C/NCc1nc(Cl)nc2c1OCC1COC[C@@H](C)N21)N=N. The first kappa shape index (κ1) is 18.3. The minimum Gasteiger partial charge on any atom is -0.486 e. The van der Waals surface area contributed by atoms with Gasteiger partial charge in [-0.05, 0) is 18.5 Å². The van der Waals surface area contributed by atoms with Gasteiger partial charge in [-0.15, -0.1) is 5.11 Å². The molecule has 1 aromatic heterocycles. The van der Waals surface area contributed by atoms with Crippen molar-refractivity contribution in [2.45, 2.75) is 25.6 Å². The third-order valence-electron chi connectivity index (χ3n) is 4.12. The number of hydrogen-bond donors (Lipinski definition) is 2. The Bertz CT molecular complexity index is 743. The van der Waals surface area contributed by atoms with Crippen molar-refractivity contribution in [1.29, 1.82) is 5.53 Å². The molecule has 2 N–H and O–H groups in total. The highest BCUT2D eigenvalue weighted by molar-refractivity contribution is 6.28. The van der Waals surface area contributed by atoms with Gasteiger partial charge in [-0.2, -0.15) is 4.98 Å². The number of nitrogens with one attached hydrogen (secondary N) is 2. The molecule has 0 bridgehead atoms. The Kier molecular flexibility index (Phi) is 5.52. The first-order valence-electron chi connectivity index (χ1n) is 7.99. The fourth-order valence-corrected chi connectivity index (χ4v) is 3.15. The van der Waals surface area contributed by atoms with Crippen molar-refractivity contribution in [3.05, 3.63) is 22.9 Å². The maximum atomic E-state index is 11.4. The first-order chi connectivity index (χ1) is 12.5. The van der Waals surface area contributed by atoms with Crippen molar-refractivity contribution in [2.24, 2.45) is 5.11 Å². The van der Waals surface area contributed by atoms with Gasteiger partial charge in [0.25, 0.3) is 0 Å². The molecule has 1 aromatic rings. The number of carbonyl (C=O) groups excluding carboxylic acids is 1. The molecule has 140 valence electrons. The van der Waals surface area contributed by atoms with E-state index in [1.807, 2.05) is 0 Å². The van der Waals surface area contributed by atoms with Gasteiger partial charge >= 0.3 is 5.97 Å². The standard InChI is InChI=1S/C15H19ClN6O4/c1-8-5-25-6-9-7-26-12-10(19-15(16)20-13(12)22(8)9)3-18-4-11(21-17)14(23)24-2/h4,8-9,17-18H,3,5-7H2,1-2H3/b11-4-,21-17?/t8-,9?/m1/s1. The molecular weight excluding hydrogens is 364 g/mol. The van der Waals surface area contributed by atoms with Gasteiger partial charge in [0.15, 0.2) is 17.3 Å². The van der Waals surface area contributed by atoms with Crippen LogP contribution < -0.4 is 15.0 Å². The average molecular weight is 383 g/mol. The number of esters is 1. The molecule has 2 aliphatic rings. The number of aromatic nitrogens is 2. The zero-order valence-corrected chi connectivity index (χ0v) is 15.1. The van der Waals surface area contributed by atoms with Crippen LogP contribution in [-0.4, -0.2) is 55.0 Å². The van der Waals surface area contributed by atoms with Crippen molar-refractivity contribution in [2.75, 3.05) is 31.8 Å². The number of rotatable bonds is 5. The molecule has 0 radical (unpaired) electrons. The number of morpholine rings is 1. The van der Waals surface area contributed by atoms with E-state index in [2.05, 4.69) is 37.0 Å². The second-order valence-electron chi connectivity index (χ2n) is 5.86. The Morgan fingerprint density at radius 3 is 3.04 bits per heavy atom. The summed E-state index contributed by atoms with van der Waals surface area (Å²) < 4.78 is 16.0. The Labute approximate surface area is 155 Å². The Morgan fingerprint density at radius 1 is 1.50 bits per heavy atom. The van der Waals surface area contributed by atoms with Gasteiger partial charge in [-0.1, -0.05) is 0 Å². The lowest BCUT2D eigenvalue weighted by Crippen LogP contribution is -2.56. The third-order valence-corrected chi connectivity index (χ3v) is 4.29. The molecule has 3 heterocycles. The zero-order chi connectivity index (χ0) is 18.7. The van der Waals surface area contributed by atoms with Crippen molar-refractivity contribution in [1.82, 2.24) is 15.3 Å². The highest BCUT2D eigenvalue weighted by Crippen LogP contribution is 2.38. The van der Waals surface area contributed by atoms with Gasteiger partial charge in [0, 0.05) is 6.20 Å². The number of halogens is 1. The van der Waals surface area contributed by atoms with E-state index in [0.717, 1.165) is 0 Å². The summed E-state index contributed by atoms with van der Waals surface area (Å²) in [6, 6.07) is 0.210. The van der Waals surface area contributed by atoms with Crippen LogP contribution in [0.2, 0.25) is 5.28 Å². The smallest absolute Gasteiger partial charge is 0.360 e. The summed E-state index contributed by atoms with van der Waals surface area (Å²) in [6.45, 7) is 3.89. The molecular formula is C15H19ClN6O4. The van der Waals surface area contributed by atoms with Gasteiger partial charge < -0.3 is 24.4 Å². The lowest BCUT2D eigenvalue weighted by molar-refractivity contribution is -0.136. The summed E-state index contributed by atoms with van der Waals surface area (Å²) in [5.41, 5.74) is 7.39. The van der Waals surface area contributed by atoms with E-state index >= 15 is 0 Å². The maximum absolute atomic E-state index is 11.4. The summed E-state index contributed by atoms with van der Waals surface area (Å²) in [5, 5.41) is 6.10. The summed E-state index contributed by atoms with van der Waals surface area (Å²) in [5.74, 6) is 0.468. The molecule has 1 unspecified atom stereocenters. The third kappa shape index (κ3) is 3.56. The van der Waals surface area contributed by atoms with Crippen LogP contribution in [0.25, 0.3) is 0 Å². The van der Waals surface area contributed by atoms with Crippen LogP contribution >= 0.6 is 11.6 Å². The van der Waals surface area contributed by atoms with E-state index in [9.17, 15) is 4.79 Å². The first-order valence-corrected chi connectivity index (χ1v) is 8.37. The predicted octanol–water partition coefficient (Wildman–Crippen LogP) is 1.25. The van der Waals surface area contributed by atoms with Crippen LogP contribution in [0.15, 0.2) is 17.0 Å². The average Bonchev–Trinajstić information content (AvgIpc) is 2.64. The fourth-order valence-electron chi connectivity index (χ4n) is 2.97. The van der Waals surface area contributed by atoms with Crippen molar-refractivity contribution < 1.29 is 19.0 Å². The maximum Gasteiger partial charge on any atom is 0.360 e. The Balaban J connectivity index is 1.85. The number of ether oxygens (including phenoxy) is 3. The number of anilines is 1. The van der Waals surface area contributed by atoms with Crippen LogP contribution in [-0.2, 0) is 20.8 Å². The summed E-state index contributed by atoms with van der Waals surface area (Å²) in [6.07, 6.45) is 1.28. The number of carbonyl (C=O) groups is 1. The molecule has 0 aliphatic carbocycles. The molecule has 1 fully saturated rings. The van der Waals surface area contributed by atoms with Crippen LogP contribution in [0.3, 0.4) is 0 Å².